The topological polar surface area (TPSA) is 58.6 Å². The minimum Gasteiger partial charge on any atom is -0.395 e. The fraction of sp³-hybridized carbons (Fsp3) is 0.533. The Kier molecular flexibility index (Phi) is 5.60. The normalized spacial score (nSPS) is 21.3. The lowest BCUT2D eigenvalue weighted by Crippen LogP contribution is -2.36. The number of ether oxygens (including phenoxy) is 1. The monoisotopic (exact) mass is 293 g/mol. The van der Waals surface area contributed by atoms with Gasteiger partial charge in [0.2, 0.25) is 5.91 Å². The van der Waals surface area contributed by atoms with Gasteiger partial charge in [-0.1, -0.05) is 18.8 Å². The molecule has 0 saturated carbocycles. The van der Waals surface area contributed by atoms with E-state index in [4.69, 9.17) is 9.84 Å². The lowest BCUT2D eigenvalue weighted by atomic mass is 10.0. The zero-order chi connectivity index (χ0) is 14.4. The highest BCUT2D eigenvalue weighted by molar-refractivity contribution is 7.10. The van der Waals surface area contributed by atoms with Crippen LogP contribution in [0.15, 0.2) is 11.4 Å². The van der Waals surface area contributed by atoms with E-state index in [9.17, 15) is 4.79 Å². The molecule has 1 fully saturated rings. The summed E-state index contributed by atoms with van der Waals surface area (Å²) in [6, 6.07) is 1.97. The fourth-order valence-corrected chi connectivity index (χ4v) is 2.82. The minimum atomic E-state index is -0.307. The van der Waals surface area contributed by atoms with Crippen molar-refractivity contribution in [2.75, 3.05) is 13.2 Å². The summed E-state index contributed by atoms with van der Waals surface area (Å²) in [5, 5.41) is 13.5. The highest BCUT2D eigenvalue weighted by atomic mass is 32.1. The summed E-state index contributed by atoms with van der Waals surface area (Å²) < 4.78 is 5.43. The predicted octanol–water partition coefficient (Wildman–Crippen LogP) is 1.52. The van der Waals surface area contributed by atoms with E-state index in [2.05, 4.69) is 17.2 Å². The maximum atomic E-state index is 12.0. The number of nitrogens with one attached hydrogen (secondary N) is 1. The van der Waals surface area contributed by atoms with Crippen molar-refractivity contribution in [3.8, 4) is 11.8 Å². The van der Waals surface area contributed by atoms with Crippen molar-refractivity contribution in [1.82, 2.24) is 5.32 Å². The molecule has 0 aromatic carbocycles. The van der Waals surface area contributed by atoms with Crippen LogP contribution in [0.1, 0.15) is 30.2 Å². The maximum absolute atomic E-state index is 12.0. The fourth-order valence-electron chi connectivity index (χ4n) is 2.06. The van der Waals surface area contributed by atoms with Crippen LogP contribution in [0.25, 0.3) is 0 Å². The maximum Gasteiger partial charge on any atom is 0.249 e. The molecule has 0 radical (unpaired) electrons. The molecule has 108 valence electrons. The Bertz CT molecular complexity index is 515. The van der Waals surface area contributed by atoms with Gasteiger partial charge in [-0.25, -0.2) is 0 Å². The van der Waals surface area contributed by atoms with E-state index >= 15 is 0 Å². The van der Waals surface area contributed by atoms with Crippen LogP contribution in [0.5, 0.6) is 0 Å². The van der Waals surface area contributed by atoms with E-state index < -0.39 is 0 Å². The first-order valence-corrected chi connectivity index (χ1v) is 7.65. The Morgan fingerprint density at radius 1 is 1.65 bits per heavy atom. The molecule has 2 rings (SSSR count). The van der Waals surface area contributed by atoms with Gasteiger partial charge < -0.3 is 15.2 Å². The summed E-state index contributed by atoms with van der Waals surface area (Å²) in [5.74, 6) is 6.12. The van der Waals surface area contributed by atoms with E-state index in [1.165, 1.54) is 0 Å². The van der Waals surface area contributed by atoms with E-state index in [1.54, 1.807) is 11.3 Å². The van der Waals surface area contributed by atoms with Gasteiger partial charge in [0, 0.05) is 28.8 Å². The van der Waals surface area contributed by atoms with Crippen LogP contribution in [0, 0.1) is 17.8 Å². The number of thiophene rings is 1. The molecular weight excluding hydrogens is 274 g/mol. The molecule has 0 spiro atoms. The molecule has 2 unspecified atom stereocenters. The highest BCUT2D eigenvalue weighted by Crippen LogP contribution is 2.20. The Balaban J connectivity index is 1.82. The zero-order valence-corrected chi connectivity index (χ0v) is 12.3. The number of aliphatic hydroxyl groups excluding tert-OH is 1. The van der Waals surface area contributed by atoms with Crippen LogP contribution < -0.4 is 5.32 Å². The molecular formula is C15H19NO3S. The summed E-state index contributed by atoms with van der Waals surface area (Å²) in [5.41, 5.74) is 0.929. The van der Waals surface area contributed by atoms with E-state index in [-0.39, 0.29) is 18.6 Å². The molecule has 0 bridgehead atoms. The average Bonchev–Trinajstić information content (AvgIpc) is 3.05. The first-order chi connectivity index (χ1) is 9.70. The Labute approximate surface area is 123 Å². The number of rotatable bonds is 4. The van der Waals surface area contributed by atoms with Crippen molar-refractivity contribution in [2.24, 2.45) is 5.92 Å². The standard InChI is InChI=1S/C15H19NO3S/c1-11-5-7-19-14(11)15(18)16-9-13-8-12(10-20-13)4-2-3-6-17/h8,10-11,14,17H,3,5-7,9H2,1H3,(H,16,18). The smallest absolute Gasteiger partial charge is 0.249 e. The van der Waals surface area contributed by atoms with E-state index in [0.717, 1.165) is 16.9 Å². The molecule has 2 atom stereocenters. The molecule has 1 saturated heterocycles. The number of carbonyl (C=O) groups excluding carboxylic acids is 1. The highest BCUT2D eigenvalue weighted by Gasteiger charge is 2.30. The molecule has 0 aliphatic carbocycles. The molecule has 4 nitrogen and oxygen atoms in total. The van der Waals surface area contributed by atoms with Gasteiger partial charge in [-0.3, -0.25) is 4.79 Å². The summed E-state index contributed by atoms with van der Waals surface area (Å²) in [4.78, 5) is 13.0. The lowest BCUT2D eigenvalue weighted by molar-refractivity contribution is -0.131. The van der Waals surface area contributed by atoms with Crippen molar-refractivity contribution in [1.29, 1.82) is 0 Å². The van der Waals surface area contributed by atoms with Gasteiger partial charge in [0.1, 0.15) is 6.10 Å². The van der Waals surface area contributed by atoms with Crippen molar-refractivity contribution in [3.05, 3.63) is 21.9 Å². The number of carbonyl (C=O) groups is 1. The van der Waals surface area contributed by atoms with Crippen molar-refractivity contribution in [3.63, 3.8) is 0 Å². The SMILES string of the molecule is CC1CCOC1C(=O)NCc1cc(C#CCCO)cs1. The van der Waals surface area contributed by atoms with Gasteiger partial charge in [-0.05, 0) is 18.4 Å². The summed E-state index contributed by atoms with van der Waals surface area (Å²) in [6.45, 7) is 3.30. The molecule has 5 heteroatoms. The van der Waals surface area contributed by atoms with Crippen LogP contribution in [-0.2, 0) is 16.1 Å². The van der Waals surface area contributed by atoms with Crippen LogP contribution in [0.2, 0.25) is 0 Å². The van der Waals surface area contributed by atoms with Gasteiger partial charge >= 0.3 is 0 Å². The third kappa shape index (κ3) is 4.07. The second-order valence-corrected chi connectivity index (χ2v) is 5.85. The van der Waals surface area contributed by atoms with Crippen molar-refractivity contribution >= 4 is 17.2 Å². The van der Waals surface area contributed by atoms with Gasteiger partial charge in [-0.2, -0.15) is 0 Å². The first kappa shape index (κ1) is 15.0. The molecule has 1 aromatic heterocycles. The summed E-state index contributed by atoms with van der Waals surface area (Å²) >= 11 is 1.57. The lowest BCUT2D eigenvalue weighted by Gasteiger charge is -2.13. The number of hydrogen-bond acceptors (Lipinski definition) is 4. The van der Waals surface area contributed by atoms with E-state index in [0.29, 0.717) is 25.5 Å². The van der Waals surface area contributed by atoms with Gasteiger partial charge in [0.15, 0.2) is 0 Å². The Morgan fingerprint density at radius 3 is 3.20 bits per heavy atom. The third-order valence-electron chi connectivity index (χ3n) is 3.21. The van der Waals surface area contributed by atoms with Gasteiger partial charge in [-0.15, -0.1) is 11.3 Å². The molecule has 2 N–H and O–H groups in total. The second-order valence-electron chi connectivity index (χ2n) is 4.85. The van der Waals surface area contributed by atoms with Gasteiger partial charge in [0.25, 0.3) is 0 Å². The van der Waals surface area contributed by atoms with Crippen molar-refractivity contribution in [2.45, 2.75) is 32.4 Å². The molecule has 1 amide bonds. The molecule has 1 aliphatic heterocycles. The molecule has 2 heterocycles. The predicted molar refractivity (Wildman–Crippen MR) is 78.3 cm³/mol. The first-order valence-electron chi connectivity index (χ1n) is 6.77. The van der Waals surface area contributed by atoms with Crippen LogP contribution in [0.3, 0.4) is 0 Å². The van der Waals surface area contributed by atoms with Crippen molar-refractivity contribution < 1.29 is 14.6 Å². The van der Waals surface area contributed by atoms with Crippen LogP contribution in [-0.4, -0.2) is 30.3 Å². The average molecular weight is 293 g/mol. The zero-order valence-electron chi connectivity index (χ0n) is 11.5. The summed E-state index contributed by atoms with van der Waals surface area (Å²) in [6.07, 6.45) is 1.12. The van der Waals surface area contributed by atoms with Crippen LogP contribution in [0.4, 0.5) is 0 Å². The minimum absolute atomic E-state index is 0.0312. The number of amides is 1. The van der Waals surface area contributed by atoms with Crippen LogP contribution >= 0.6 is 11.3 Å². The molecule has 1 aromatic rings. The largest absolute Gasteiger partial charge is 0.395 e. The third-order valence-corrected chi connectivity index (χ3v) is 4.14. The Hall–Kier alpha value is -1.35. The number of aliphatic hydroxyl groups is 1. The second kappa shape index (κ2) is 7.44. The quantitative estimate of drug-likeness (QED) is 0.828. The summed E-state index contributed by atoms with van der Waals surface area (Å²) in [7, 11) is 0. The van der Waals surface area contributed by atoms with E-state index in [1.807, 2.05) is 18.4 Å². The Morgan fingerprint density at radius 2 is 2.50 bits per heavy atom. The molecule has 20 heavy (non-hydrogen) atoms. The molecule has 1 aliphatic rings. The number of hydrogen-bond donors (Lipinski definition) is 2. The van der Waals surface area contributed by atoms with Gasteiger partial charge in [0.05, 0.1) is 13.2 Å².